The summed E-state index contributed by atoms with van der Waals surface area (Å²) in [6.45, 7) is 2.20. The van der Waals surface area contributed by atoms with Crippen LogP contribution in [0.2, 0.25) is 0 Å². The maximum absolute atomic E-state index is 11.3. The lowest BCUT2D eigenvalue weighted by Crippen LogP contribution is -2.24. The summed E-state index contributed by atoms with van der Waals surface area (Å²) in [5.41, 5.74) is -0.934. The second kappa shape index (κ2) is 5.14. The molecule has 2 unspecified atom stereocenters. The minimum absolute atomic E-state index is 0.151. The molecule has 1 heterocycles. The van der Waals surface area contributed by atoms with Crippen molar-refractivity contribution in [3.8, 4) is 0 Å². The van der Waals surface area contributed by atoms with Gasteiger partial charge in [-0.25, -0.2) is 4.79 Å². The molecule has 0 bridgehead atoms. The van der Waals surface area contributed by atoms with E-state index in [1.54, 1.807) is 12.1 Å². The molecule has 18 heavy (non-hydrogen) atoms. The topological polar surface area (TPSA) is 59.7 Å². The van der Waals surface area contributed by atoms with E-state index in [4.69, 9.17) is 4.42 Å². The smallest absolute Gasteiger partial charge is 0.373 e. The summed E-state index contributed by atoms with van der Waals surface area (Å²) in [5.74, 6) is 0.760. The highest BCUT2D eigenvalue weighted by Crippen LogP contribution is 2.38. The van der Waals surface area contributed by atoms with E-state index in [9.17, 15) is 9.90 Å². The van der Waals surface area contributed by atoms with Crippen molar-refractivity contribution in [2.45, 2.75) is 44.6 Å². The summed E-state index contributed by atoms with van der Waals surface area (Å²) in [6.07, 6.45) is 4.46. The number of carbonyl (C=O) groups is 1. The maximum atomic E-state index is 11.3. The van der Waals surface area contributed by atoms with Crippen LogP contribution < -0.4 is 0 Å². The molecule has 0 aliphatic heterocycles. The van der Waals surface area contributed by atoms with Crippen LogP contribution in [0.1, 0.15) is 55.3 Å². The molecule has 1 aromatic heterocycles. The lowest BCUT2D eigenvalue weighted by molar-refractivity contribution is -0.00250. The quantitative estimate of drug-likeness (QED) is 0.649. The monoisotopic (exact) mass is 252 g/mol. The van der Waals surface area contributed by atoms with Crippen molar-refractivity contribution < 1.29 is 19.1 Å². The van der Waals surface area contributed by atoms with Crippen LogP contribution in [0.25, 0.3) is 0 Å². The average molecular weight is 252 g/mol. The number of ether oxygens (including phenoxy) is 1. The van der Waals surface area contributed by atoms with Gasteiger partial charge in [0.1, 0.15) is 11.4 Å². The zero-order valence-corrected chi connectivity index (χ0v) is 10.9. The van der Waals surface area contributed by atoms with E-state index < -0.39 is 11.6 Å². The minimum atomic E-state index is -0.934. The molecule has 0 aromatic carbocycles. The third-order valence-electron chi connectivity index (χ3n) is 3.79. The summed E-state index contributed by atoms with van der Waals surface area (Å²) in [6, 6.07) is 3.25. The highest BCUT2D eigenvalue weighted by molar-refractivity contribution is 5.86. The van der Waals surface area contributed by atoms with E-state index in [0.717, 1.165) is 19.3 Å². The summed E-state index contributed by atoms with van der Waals surface area (Å²) >= 11 is 0. The second-order valence-electron chi connectivity index (χ2n) is 5.22. The molecule has 0 amide bonds. The Bertz CT molecular complexity index is 423. The van der Waals surface area contributed by atoms with Gasteiger partial charge in [0.15, 0.2) is 0 Å². The molecule has 100 valence electrons. The molecule has 1 saturated carbocycles. The molecule has 4 heteroatoms. The lowest BCUT2D eigenvalue weighted by atomic mass is 9.91. The molecule has 0 spiro atoms. The molecule has 1 N–H and O–H groups in total. The molecule has 0 saturated heterocycles. The molecule has 2 rings (SSSR count). The van der Waals surface area contributed by atoms with E-state index >= 15 is 0 Å². The zero-order chi connectivity index (χ0) is 13.2. The van der Waals surface area contributed by atoms with Crippen molar-refractivity contribution >= 4 is 5.97 Å². The number of hydrogen-bond acceptors (Lipinski definition) is 4. The molecule has 4 nitrogen and oxygen atoms in total. The Morgan fingerprint density at radius 2 is 2.22 bits per heavy atom. The van der Waals surface area contributed by atoms with Crippen LogP contribution >= 0.6 is 0 Å². The molecule has 1 aromatic rings. The Balaban J connectivity index is 2.18. The molecule has 1 aliphatic carbocycles. The van der Waals surface area contributed by atoms with Gasteiger partial charge in [-0.3, -0.25) is 0 Å². The molecular weight excluding hydrogens is 232 g/mol. The number of carbonyl (C=O) groups excluding carboxylic acids is 1. The van der Waals surface area contributed by atoms with Crippen molar-refractivity contribution in [2.24, 2.45) is 5.92 Å². The van der Waals surface area contributed by atoms with Gasteiger partial charge in [-0.15, -0.1) is 0 Å². The fraction of sp³-hybridized carbons (Fsp3) is 0.643. The van der Waals surface area contributed by atoms with Gasteiger partial charge >= 0.3 is 5.97 Å². The fourth-order valence-corrected chi connectivity index (χ4v) is 2.54. The van der Waals surface area contributed by atoms with Gasteiger partial charge < -0.3 is 14.3 Å². The second-order valence-corrected chi connectivity index (χ2v) is 5.22. The van der Waals surface area contributed by atoms with Crippen molar-refractivity contribution in [2.75, 3.05) is 7.11 Å². The van der Waals surface area contributed by atoms with Crippen LogP contribution in [-0.4, -0.2) is 18.2 Å². The normalized spacial score (nSPS) is 28.7. The zero-order valence-electron chi connectivity index (χ0n) is 10.9. The Hall–Kier alpha value is -1.29. The van der Waals surface area contributed by atoms with E-state index in [-0.39, 0.29) is 5.76 Å². The average Bonchev–Trinajstić information content (AvgIpc) is 2.79. The van der Waals surface area contributed by atoms with Crippen molar-refractivity contribution in [3.05, 3.63) is 23.7 Å². The Morgan fingerprint density at radius 3 is 2.94 bits per heavy atom. The number of esters is 1. The van der Waals surface area contributed by atoms with Gasteiger partial charge in [0.2, 0.25) is 5.76 Å². The summed E-state index contributed by atoms with van der Waals surface area (Å²) in [4.78, 5) is 11.3. The van der Waals surface area contributed by atoms with Crippen LogP contribution in [0.5, 0.6) is 0 Å². The van der Waals surface area contributed by atoms with Crippen LogP contribution in [0.4, 0.5) is 0 Å². The summed E-state index contributed by atoms with van der Waals surface area (Å²) in [7, 11) is 1.31. The van der Waals surface area contributed by atoms with E-state index in [2.05, 4.69) is 11.7 Å². The van der Waals surface area contributed by atoms with Crippen LogP contribution in [-0.2, 0) is 10.3 Å². The van der Waals surface area contributed by atoms with Gasteiger partial charge in [-0.2, -0.15) is 0 Å². The van der Waals surface area contributed by atoms with E-state index in [0.29, 0.717) is 24.5 Å². The number of methoxy groups -OCH3 is 1. The van der Waals surface area contributed by atoms with E-state index in [1.807, 2.05) is 0 Å². The first kappa shape index (κ1) is 13.1. The highest BCUT2D eigenvalue weighted by atomic mass is 16.5. The molecule has 1 aliphatic rings. The maximum Gasteiger partial charge on any atom is 0.373 e. The van der Waals surface area contributed by atoms with Crippen molar-refractivity contribution in [3.63, 3.8) is 0 Å². The highest BCUT2D eigenvalue weighted by Gasteiger charge is 2.35. The predicted molar refractivity (Wildman–Crippen MR) is 66.2 cm³/mol. The first-order valence-electron chi connectivity index (χ1n) is 6.46. The minimum Gasteiger partial charge on any atom is -0.463 e. The van der Waals surface area contributed by atoms with Gasteiger partial charge in [0, 0.05) is 0 Å². The number of rotatable bonds is 2. The van der Waals surface area contributed by atoms with Crippen LogP contribution in [0, 0.1) is 5.92 Å². The SMILES string of the molecule is COC(=O)c1ccc(C2(O)CCCC(C)CC2)o1. The first-order valence-corrected chi connectivity index (χ1v) is 6.46. The molecule has 2 atom stereocenters. The standard InChI is InChI=1S/C14H20O4/c1-10-4-3-8-14(16,9-7-10)12-6-5-11(18-12)13(15)17-2/h5-6,10,16H,3-4,7-9H2,1-2H3. The predicted octanol–water partition coefficient (Wildman–Crippen LogP) is 2.85. The van der Waals surface area contributed by atoms with Crippen LogP contribution in [0.15, 0.2) is 16.5 Å². The largest absolute Gasteiger partial charge is 0.463 e. The summed E-state index contributed by atoms with van der Waals surface area (Å²) in [5, 5.41) is 10.7. The molecular formula is C14H20O4. The Labute approximate surface area is 107 Å². The van der Waals surface area contributed by atoms with Crippen LogP contribution in [0.3, 0.4) is 0 Å². The summed E-state index contributed by atoms with van der Waals surface area (Å²) < 4.78 is 10.0. The van der Waals surface area contributed by atoms with Gasteiger partial charge in [0.25, 0.3) is 0 Å². The number of aliphatic hydroxyl groups is 1. The lowest BCUT2D eigenvalue weighted by Gasteiger charge is -2.24. The number of hydrogen-bond donors (Lipinski definition) is 1. The third kappa shape index (κ3) is 2.58. The molecule has 0 radical (unpaired) electrons. The van der Waals surface area contributed by atoms with Crippen molar-refractivity contribution in [1.82, 2.24) is 0 Å². The Kier molecular flexibility index (Phi) is 3.76. The van der Waals surface area contributed by atoms with Gasteiger partial charge in [0.05, 0.1) is 7.11 Å². The van der Waals surface area contributed by atoms with Gasteiger partial charge in [-0.05, 0) is 43.7 Å². The number of furan rings is 1. The van der Waals surface area contributed by atoms with E-state index in [1.165, 1.54) is 7.11 Å². The molecule has 1 fully saturated rings. The third-order valence-corrected chi connectivity index (χ3v) is 3.79. The fourth-order valence-electron chi connectivity index (χ4n) is 2.54. The van der Waals surface area contributed by atoms with Crippen molar-refractivity contribution in [1.29, 1.82) is 0 Å². The Morgan fingerprint density at radius 1 is 1.44 bits per heavy atom. The van der Waals surface area contributed by atoms with Gasteiger partial charge in [-0.1, -0.05) is 13.3 Å². The first-order chi connectivity index (χ1) is 8.55.